The molecule has 0 aliphatic heterocycles. The highest BCUT2D eigenvalue weighted by atomic mass is 35.5. The topological polar surface area (TPSA) is 84.3 Å². The van der Waals surface area contributed by atoms with Crippen LogP contribution in [0.2, 0.25) is 5.15 Å². The largest absolute Gasteiger partial charge is 0.322 e. The molecule has 2 rings (SSSR count). The van der Waals surface area contributed by atoms with Gasteiger partial charge in [0.25, 0.3) is 0 Å². The van der Waals surface area contributed by atoms with Crippen molar-refractivity contribution in [3.63, 3.8) is 0 Å². The van der Waals surface area contributed by atoms with E-state index in [2.05, 4.69) is 10.4 Å². The number of halogens is 1. The van der Waals surface area contributed by atoms with Gasteiger partial charge in [0.1, 0.15) is 5.15 Å². The molecule has 1 N–H and O–H groups in total. The fourth-order valence-corrected chi connectivity index (χ4v) is 3.71. The van der Waals surface area contributed by atoms with Crippen LogP contribution in [0.1, 0.15) is 16.8 Å². The van der Waals surface area contributed by atoms with Crippen LogP contribution in [-0.2, 0) is 21.9 Å². The number of aryl methyl sites for hydroxylation is 3. The maximum atomic E-state index is 12.4. The molecule has 0 fully saturated rings. The van der Waals surface area contributed by atoms with Crippen LogP contribution in [0.4, 0.5) is 5.69 Å². The lowest BCUT2D eigenvalue weighted by Crippen LogP contribution is -2.23. The summed E-state index contributed by atoms with van der Waals surface area (Å²) in [6.07, 6.45) is 2.90. The Morgan fingerprint density at radius 2 is 1.96 bits per heavy atom. The summed E-state index contributed by atoms with van der Waals surface area (Å²) in [5.74, 6) is -0.402. The van der Waals surface area contributed by atoms with Gasteiger partial charge in [0.15, 0.2) is 0 Å². The van der Waals surface area contributed by atoms with Crippen molar-refractivity contribution < 1.29 is 13.2 Å². The number of hydrogen-bond acceptors (Lipinski definition) is 4. The number of carbonyl (C=O) groups excluding carboxylic acids is 1. The second kappa shape index (κ2) is 7.61. The van der Waals surface area contributed by atoms with Crippen molar-refractivity contribution in [2.24, 2.45) is 7.05 Å². The van der Waals surface area contributed by atoms with E-state index in [1.54, 1.807) is 39.1 Å². The average molecular weight is 397 g/mol. The van der Waals surface area contributed by atoms with Crippen molar-refractivity contribution in [2.45, 2.75) is 18.7 Å². The van der Waals surface area contributed by atoms with E-state index in [-0.39, 0.29) is 4.90 Å². The molecule has 0 atom stereocenters. The number of carbonyl (C=O) groups is 1. The molecule has 0 bridgehead atoms. The molecule has 0 saturated heterocycles. The number of sulfonamides is 1. The standard InChI is InChI=1S/C17H21ClN4O3S/c1-11-6-7-13(10-15(11)26(24,25)21(3)4)19-16(23)9-8-14-12(2)20-22(5)17(14)18/h6-10H,1-5H3,(H,19,23)/b9-8+. The molecule has 9 heteroatoms. The summed E-state index contributed by atoms with van der Waals surface area (Å²) in [6, 6.07) is 4.74. The molecular weight excluding hydrogens is 376 g/mol. The number of amides is 1. The van der Waals surface area contributed by atoms with Crippen molar-refractivity contribution in [1.29, 1.82) is 0 Å². The molecule has 1 aromatic carbocycles. The monoisotopic (exact) mass is 396 g/mol. The summed E-state index contributed by atoms with van der Waals surface area (Å²) in [6.45, 7) is 3.50. The van der Waals surface area contributed by atoms with Gasteiger partial charge in [-0.2, -0.15) is 5.10 Å². The lowest BCUT2D eigenvalue weighted by Gasteiger charge is -2.14. The molecule has 2 aromatic rings. The molecule has 0 spiro atoms. The smallest absolute Gasteiger partial charge is 0.248 e. The molecule has 0 radical (unpaired) electrons. The van der Waals surface area contributed by atoms with Crippen LogP contribution < -0.4 is 5.32 Å². The Balaban J connectivity index is 2.24. The first-order valence-corrected chi connectivity index (χ1v) is 9.57. The first-order chi connectivity index (χ1) is 12.0. The molecule has 0 aliphatic carbocycles. The average Bonchev–Trinajstić information content (AvgIpc) is 2.79. The highest BCUT2D eigenvalue weighted by Crippen LogP contribution is 2.23. The van der Waals surface area contributed by atoms with Crippen molar-refractivity contribution >= 4 is 39.3 Å². The van der Waals surface area contributed by atoms with E-state index in [0.29, 0.717) is 27.7 Å². The van der Waals surface area contributed by atoms with E-state index in [9.17, 15) is 13.2 Å². The zero-order valence-corrected chi connectivity index (χ0v) is 16.8. The number of benzene rings is 1. The van der Waals surface area contributed by atoms with Crippen molar-refractivity contribution in [2.75, 3.05) is 19.4 Å². The van der Waals surface area contributed by atoms with Crippen LogP contribution >= 0.6 is 11.6 Å². The molecule has 140 valence electrons. The fourth-order valence-electron chi connectivity index (χ4n) is 2.33. The minimum Gasteiger partial charge on any atom is -0.322 e. The summed E-state index contributed by atoms with van der Waals surface area (Å²) in [5.41, 5.74) is 2.35. The quantitative estimate of drug-likeness (QED) is 0.787. The molecule has 1 heterocycles. The summed E-state index contributed by atoms with van der Waals surface area (Å²) in [7, 11) is 1.04. The van der Waals surface area contributed by atoms with E-state index >= 15 is 0 Å². The van der Waals surface area contributed by atoms with Crippen molar-refractivity contribution in [3.8, 4) is 0 Å². The summed E-state index contributed by atoms with van der Waals surface area (Å²) < 4.78 is 27.4. The normalized spacial score (nSPS) is 12.1. The number of nitrogens with one attached hydrogen (secondary N) is 1. The molecule has 7 nitrogen and oxygen atoms in total. The van der Waals surface area contributed by atoms with Gasteiger partial charge in [0.05, 0.1) is 10.6 Å². The van der Waals surface area contributed by atoms with Gasteiger partial charge in [-0.05, 0) is 37.6 Å². The van der Waals surface area contributed by atoms with E-state index in [0.717, 1.165) is 4.31 Å². The third-order valence-electron chi connectivity index (χ3n) is 3.81. The van der Waals surface area contributed by atoms with Crippen LogP contribution in [0.15, 0.2) is 29.2 Å². The Hall–Kier alpha value is -2.16. The van der Waals surface area contributed by atoms with Crippen LogP contribution in [0, 0.1) is 13.8 Å². The van der Waals surface area contributed by atoms with Crippen LogP contribution in [-0.4, -0.2) is 42.5 Å². The molecular formula is C17H21ClN4O3S. The van der Waals surface area contributed by atoms with Gasteiger partial charge in [-0.1, -0.05) is 17.7 Å². The Kier molecular flexibility index (Phi) is 5.90. The molecule has 0 aliphatic rings. The second-order valence-electron chi connectivity index (χ2n) is 6.00. The SMILES string of the molecule is Cc1ccc(NC(=O)/C=C/c2c(C)nn(C)c2Cl)cc1S(=O)(=O)N(C)C. The lowest BCUT2D eigenvalue weighted by molar-refractivity contribution is -0.111. The summed E-state index contributed by atoms with van der Waals surface area (Å²) in [5, 5.41) is 7.26. The number of nitrogens with zero attached hydrogens (tertiary/aromatic N) is 3. The van der Waals surface area contributed by atoms with Gasteiger partial charge in [0, 0.05) is 38.5 Å². The second-order valence-corrected chi connectivity index (χ2v) is 8.48. The fraction of sp³-hybridized carbons (Fsp3) is 0.294. The highest BCUT2D eigenvalue weighted by Gasteiger charge is 2.20. The number of anilines is 1. The van der Waals surface area contributed by atoms with Crippen molar-refractivity contribution in [3.05, 3.63) is 46.2 Å². The molecule has 1 amide bonds. The number of hydrogen-bond donors (Lipinski definition) is 1. The van der Waals surface area contributed by atoms with E-state index < -0.39 is 15.9 Å². The van der Waals surface area contributed by atoms with Gasteiger partial charge >= 0.3 is 0 Å². The Morgan fingerprint density at radius 1 is 1.31 bits per heavy atom. The first kappa shape index (κ1) is 20.2. The minimum atomic E-state index is -3.59. The zero-order valence-electron chi connectivity index (χ0n) is 15.2. The predicted molar refractivity (Wildman–Crippen MR) is 103 cm³/mol. The third-order valence-corrected chi connectivity index (χ3v) is 6.22. The Morgan fingerprint density at radius 3 is 2.50 bits per heavy atom. The lowest BCUT2D eigenvalue weighted by atomic mass is 10.2. The van der Waals surface area contributed by atoms with Gasteiger partial charge in [-0.25, -0.2) is 12.7 Å². The maximum Gasteiger partial charge on any atom is 0.248 e. The summed E-state index contributed by atoms with van der Waals surface area (Å²) >= 11 is 6.12. The van der Waals surface area contributed by atoms with E-state index in [4.69, 9.17) is 11.6 Å². The number of rotatable bonds is 5. The highest BCUT2D eigenvalue weighted by molar-refractivity contribution is 7.89. The maximum absolute atomic E-state index is 12.4. The summed E-state index contributed by atoms with van der Waals surface area (Å²) in [4.78, 5) is 12.3. The van der Waals surface area contributed by atoms with E-state index in [1.165, 1.54) is 30.9 Å². The Bertz CT molecular complexity index is 978. The molecule has 26 heavy (non-hydrogen) atoms. The van der Waals surface area contributed by atoms with Gasteiger partial charge in [-0.3, -0.25) is 9.48 Å². The Labute approximate surface area is 158 Å². The van der Waals surface area contributed by atoms with Crippen LogP contribution in [0.3, 0.4) is 0 Å². The van der Waals surface area contributed by atoms with E-state index in [1.807, 2.05) is 0 Å². The third kappa shape index (κ3) is 4.14. The molecule has 0 unspecified atom stereocenters. The van der Waals surface area contributed by atoms with Gasteiger partial charge < -0.3 is 5.32 Å². The van der Waals surface area contributed by atoms with Gasteiger partial charge in [-0.15, -0.1) is 0 Å². The minimum absolute atomic E-state index is 0.149. The molecule has 0 saturated carbocycles. The van der Waals surface area contributed by atoms with Crippen LogP contribution in [0.25, 0.3) is 6.08 Å². The first-order valence-electron chi connectivity index (χ1n) is 7.75. The zero-order chi connectivity index (χ0) is 19.6. The molecule has 1 aromatic heterocycles. The van der Waals surface area contributed by atoms with Crippen molar-refractivity contribution in [1.82, 2.24) is 14.1 Å². The van der Waals surface area contributed by atoms with Crippen LogP contribution in [0.5, 0.6) is 0 Å². The number of aromatic nitrogens is 2. The predicted octanol–water partition coefficient (Wildman–Crippen LogP) is 2.59. The van der Waals surface area contributed by atoms with Gasteiger partial charge in [0.2, 0.25) is 15.9 Å².